The maximum atomic E-state index is 11.8. The molecule has 1 aliphatic heterocycles. The van der Waals surface area contributed by atoms with Crippen molar-refractivity contribution in [1.29, 1.82) is 0 Å². The number of imide groups is 1. The molecule has 0 spiro atoms. The molecule has 96 valence electrons. The quantitative estimate of drug-likeness (QED) is 0.802. The largest absolute Gasteiger partial charge is 0.497 e. The third-order valence-electron chi connectivity index (χ3n) is 3.39. The minimum atomic E-state index is -0.159. The van der Waals surface area contributed by atoms with Crippen LogP contribution in [-0.4, -0.2) is 30.4 Å². The van der Waals surface area contributed by atoms with Crippen molar-refractivity contribution in [3.63, 3.8) is 0 Å². The fourth-order valence-corrected chi connectivity index (χ4v) is 2.33. The van der Waals surface area contributed by atoms with Crippen LogP contribution in [0.4, 0.5) is 0 Å². The van der Waals surface area contributed by atoms with Gasteiger partial charge >= 0.3 is 0 Å². The highest BCUT2D eigenvalue weighted by atomic mass is 16.5. The third-order valence-corrected chi connectivity index (χ3v) is 3.39. The van der Waals surface area contributed by atoms with Crippen molar-refractivity contribution >= 4 is 11.8 Å². The monoisotopic (exact) mass is 247 g/mol. The van der Waals surface area contributed by atoms with Gasteiger partial charge in [-0.15, -0.1) is 0 Å². The lowest BCUT2D eigenvalue weighted by atomic mass is 9.89. The van der Waals surface area contributed by atoms with Gasteiger partial charge in [0.15, 0.2) is 0 Å². The van der Waals surface area contributed by atoms with E-state index in [9.17, 15) is 9.59 Å². The molecule has 4 heteroatoms. The summed E-state index contributed by atoms with van der Waals surface area (Å²) < 4.78 is 5.11. The van der Waals surface area contributed by atoms with E-state index in [2.05, 4.69) is 0 Å². The number of ether oxygens (including phenoxy) is 1. The number of hydrogen-bond donors (Lipinski definition) is 0. The fraction of sp³-hybridized carbons (Fsp3) is 0.429. The van der Waals surface area contributed by atoms with Gasteiger partial charge in [-0.3, -0.25) is 14.5 Å². The number of nitrogens with zero attached hydrogens (tertiary/aromatic N) is 1. The summed E-state index contributed by atoms with van der Waals surface area (Å²) in [6, 6.07) is 7.77. The topological polar surface area (TPSA) is 46.6 Å². The van der Waals surface area contributed by atoms with E-state index in [1.54, 1.807) is 7.11 Å². The first-order chi connectivity index (χ1) is 8.61. The molecule has 2 rings (SSSR count). The molecule has 0 aliphatic carbocycles. The van der Waals surface area contributed by atoms with Crippen molar-refractivity contribution in [3.8, 4) is 5.75 Å². The molecule has 1 atom stereocenters. The summed E-state index contributed by atoms with van der Waals surface area (Å²) in [5.41, 5.74) is 1.13. The van der Waals surface area contributed by atoms with Crippen LogP contribution in [0.3, 0.4) is 0 Å². The summed E-state index contributed by atoms with van der Waals surface area (Å²) in [4.78, 5) is 24.4. The van der Waals surface area contributed by atoms with E-state index in [0.29, 0.717) is 13.0 Å². The molecule has 0 aromatic heterocycles. The van der Waals surface area contributed by atoms with E-state index in [0.717, 1.165) is 17.7 Å². The van der Waals surface area contributed by atoms with Gasteiger partial charge in [0.2, 0.25) is 11.8 Å². The Hall–Kier alpha value is -1.84. The third kappa shape index (κ3) is 2.53. The Morgan fingerprint density at radius 2 is 2.00 bits per heavy atom. The number of carbonyl (C=O) groups is 2. The van der Waals surface area contributed by atoms with Crippen LogP contribution in [0.2, 0.25) is 0 Å². The molecule has 18 heavy (non-hydrogen) atoms. The Balaban J connectivity index is 2.07. The number of hydrogen-bond acceptors (Lipinski definition) is 3. The minimum Gasteiger partial charge on any atom is -0.497 e. The standard InChI is InChI=1S/C14H17NO3/c1-10(16)15-8-7-12(9-14(15)17)11-3-5-13(18-2)6-4-11/h3-6,12H,7-9H2,1-2H3. The predicted molar refractivity (Wildman–Crippen MR) is 67.4 cm³/mol. The maximum absolute atomic E-state index is 11.8. The Morgan fingerprint density at radius 1 is 1.33 bits per heavy atom. The molecule has 4 nitrogen and oxygen atoms in total. The van der Waals surface area contributed by atoms with E-state index in [-0.39, 0.29) is 17.7 Å². The van der Waals surface area contributed by atoms with Crippen molar-refractivity contribution < 1.29 is 14.3 Å². The number of methoxy groups -OCH3 is 1. The zero-order chi connectivity index (χ0) is 13.1. The average molecular weight is 247 g/mol. The second-order valence-electron chi connectivity index (χ2n) is 4.53. The summed E-state index contributed by atoms with van der Waals surface area (Å²) in [6.45, 7) is 1.95. The molecule has 1 unspecified atom stereocenters. The molecule has 0 bridgehead atoms. The second-order valence-corrected chi connectivity index (χ2v) is 4.53. The molecular formula is C14H17NO3. The highest BCUT2D eigenvalue weighted by molar-refractivity contribution is 5.95. The Labute approximate surface area is 107 Å². The molecule has 1 aliphatic rings. The van der Waals surface area contributed by atoms with Gasteiger partial charge in [0.25, 0.3) is 0 Å². The Kier molecular flexibility index (Phi) is 3.65. The van der Waals surface area contributed by atoms with Crippen LogP contribution in [-0.2, 0) is 9.59 Å². The summed E-state index contributed by atoms with van der Waals surface area (Å²) in [6.07, 6.45) is 1.24. The lowest BCUT2D eigenvalue weighted by molar-refractivity contribution is -0.145. The van der Waals surface area contributed by atoms with Crippen LogP contribution < -0.4 is 4.74 Å². The van der Waals surface area contributed by atoms with E-state index >= 15 is 0 Å². The highest BCUT2D eigenvalue weighted by Crippen LogP contribution is 2.29. The first-order valence-corrected chi connectivity index (χ1v) is 6.06. The van der Waals surface area contributed by atoms with Crippen molar-refractivity contribution in [2.45, 2.75) is 25.7 Å². The van der Waals surface area contributed by atoms with E-state index in [1.807, 2.05) is 24.3 Å². The van der Waals surface area contributed by atoms with E-state index in [4.69, 9.17) is 4.74 Å². The average Bonchev–Trinajstić information content (AvgIpc) is 2.38. The van der Waals surface area contributed by atoms with Crippen LogP contribution >= 0.6 is 0 Å². The fourth-order valence-electron chi connectivity index (χ4n) is 2.33. The minimum absolute atomic E-state index is 0.0745. The van der Waals surface area contributed by atoms with Crippen LogP contribution in [0.15, 0.2) is 24.3 Å². The number of rotatable bonds is 2. The van der Waals surface area contributed by atoms with Gasteiger partial charge in [0, 0.05) is 19.9 Å². The van der Waals surface area contributed by atoms with Crippen LogP contribution in [0, 0.1) is 0 Å². The molecule has 1 aromatic rings. The second kappa shape index (κ2) is 5.21. The first kappa shape index (κ1) is 12.6. The summed E-state index contributed by atoms with van der Waals surface area (Å²) in [5.74, 6) is 0.785. The molecule has 1 saturated heterocycles. The number of piperidine rings is 1. The number of likely N-dealkylation sites (tertiary alicyclic amines) is 1. The zero-order valence-electron chi connectivity index (χ0n) is 10.7. The van der Waals surface area contributed by atoms with Crippen molar-refractivity contribution in [1.82, 2.24) is 4.90 Å². The van der Waals surface area contributed by atoms with Crippen molar-refractivity contribution in [2.75, 3.05) is 13.7 Å². The summed E-state index contributed by atoms with van der Waals surface area (Å²) in [5, 5.41) is 0. The van der Waals surface area contributed by atoms with Crippen LogP contribution in [0.25, 0.3) is 0 Å². The number of amides is 2. The SMILES string of the molecule is COc1ccc(C2CCN(C(C)=O)C(=O)C2)cc1. The highest BCUT2D eigenvalue weighted by Gasteiger charge is 2.28. The molecule has 2 amide bonds. The molecule has 0 radical (unpaired) electrons. The van der Waals surface area contributed by atoms with Crippen molar-refractivity contribution in [3.05, 3.63) is 29.8 Å². The van der Waals surface area contributed by atoms with E-state index < -0.39 is 0 Å². The Morgan fingerprint density at radius 3 is 2.50 bits per heavy atom. The Bertz CT molecular complexity index is 453. The summed E-state index contributed by atoms with van der Waals surface area (Å²) >= 11 is 0. The lowest BCUT2D eigenvalue weighted by Gasteiger charge is -2.29. The van der Waals surface area contributed by atoms with E-state index in [1.165, 1.54) is 11.8 Å². The van der Waals surface area contributed by atoms with Crippen molar-refractivity contribution in [2.24, 2.45) is 0 Å². The van der Waals surface area contributed by atoms with Crippen LogP contribution in [0.5, 0.6) is 5.75 Å². The van der Waals surface area contributed by atoms with Gasteiger partial charge in [-0.1, -0.05) is 12.1 Å². The van der Waals surface area contributed by atoms with Gasteiger partial charge in [-0.25, -0.2) is 0 Å². The van der Waals surface area contributed by atoms with Crippen LogP contribution in [0.1, 0.15) is 31.2 Å². The molecule has 1 aromatic carbocycles. The zero-order valence-corrected chi connectivity index (χ0v) is 10.7. The molecule has 0 N–H and O–H groups in total. The van der Waals surface area contributed by atoms with Gasteiger partial charge in [-0.05, 0) is 30.0 Å². The first-order valence-electron chi connectivity index (χ1n) is 6.06. The maximum Gasteiger partial charge on any atom is 0.229 e. The van der Waals surface area contributed by atoms with Gasteiger partial charge in [0.05, 0.1) is 7.11 Å². The summed E-state index contributed by atoms with van der Waals surface area (Å²) in [7, 11) is 1.63. The lowest BCUT2D eigenvalue weighted by Crippen LogP contribution is -2.41. The molecule has 1 heterocycles. The molecule has 1 fully saturated rings. The predicted octanol–water partition coefficient (Wildman–Crippen LogP) is 1.95. The molecule has 0 saturated carbocycles. The van der Waals surface area contributed by atoms with Gasteiger partial charge < -0.3 is 4.74 Å². The molecular weight excluding hydrogens is 230 g/mol. The number of benzene rings is 1. The smallest absolute Gasteiger partial charge is 0.229 e. The van der Waals surface area contributed by atoms with Gasteiger partial charge in [0.1, 0.15) is 5.75 Å². The number of carbonyl (C=O) groups excluding carboxylic acids is 2. The normalized spacial score (nSPS) is 19.8. The van der Waals surface area contributed by atoms with Gasteiger partial charge in [-0.2, -0.15) is 0 Å².